The molecule has 1 aromatic heterocycles. The van der Waals surface area contributed by atoms with E-state index >= 15 is 0 Å². The van der Waals surface area contributed by atoms with Crippen molar-refractivity contribution in [3.63, 3.8) is 0 Å². The molecule has 0 aliphatic heterocycles. The van der Waals surface area contributed by atoms with E-state index in [1.807, 2.05) is 37.3 Å². The van der Waals surface area contributed by atoms with Gasteiger partial charge in [-0.05, 0) is 49.6 Å². The molecule has 0 bridgehead atoms. The van der Waals surface area contributed by atoms with E-state index in [9.17, 15) is 0 Å². The molecule has 0 fully saturated rings. The Hall–Kier alpha value is -1.58. The lowest BCUT2D eigenvalue weighted by Crippen LogP contribution is -2.21. The molecule has 0 saturated heterocycles. The van der Waals surface area contributed by atoms with Crippen LogP contribution in [0.2, 0.25) is 5.02 Å². The molecule has 2 aromatic rings. The molecule has 4 heteroatoms. The average molecular weight is 291 g/mol. The minimum atomic E-state index is 0.139. The molecule has 20 heavy (non-hydrogen) atoms. The highest BCUT2D eigenvalue weighted by Crippen LogP contribution is 2.28. The van der Waals surface area contributed by atoms with E-state index in [0.29, 0.717) is 10.8 Å². The van der Waals surface area contributed by atoms with Crippen LogP contribution in [0.5, 0.6) is 11.5 Å². The minimum Gasteiger partial charge on any atom is -0.455 e. The molecule has 3 nitrogen and oxygen atoms in total. The van der Waals surface area contributed by atoms with Crippen LogP contribution >= 0.6 is 11.6 Å². The lowest BCUT2D eigenvalue weighted by molar-refractivity contribution is 0.475. The van der Waals surface area contributed by atoms with E-state index in [2.05, 4.69) is 11.9 Å². The molecule has 1 aromatic carbocycles. The van der Waals surface area contributed by atoms with Gasteiger partial charge in [0.2, 0.25) is 0 Å². The van der Waals surface area contributed by atoms with Crippen molar-refractivity contribution in [3.05, 3.63) is 52.8 Å². The molecule has 0 saturated carbocycles. The summed E-state index contributed by atoms with van der Waals surface area (Å²) in [7, 11) is 0. The topological polar surface area (TPSA) is 48.1 Å². The largest absolute Gasteiger partial charge is 0.455 e. The summed E-state index contributed by atoms with van der Waals surface area (Å²) in [6.45, 7) is 3.98. The van der Waals surface area contributed by atoms with Crippen LogP contribution in [0.1, 0.15) is 24.6 Å². The zero-order chi connectivity index (χ0) is 14.5. The predicted octanol–water partition coefficient (Wildman–Crippen LogP) is 4.12. The Balaban J connectivity index is 2.15. The third-order valence-corrected chi connectivity index (χ3v) is 3.57. The van der Waals surface area contributed by atoms with E-state index in [-0.39, 0.29) is 6.04 Å². The summed E-state index contributed by atoms with van der Waals surface area (Å²) in [6.07, 6.45) is 3.45. The summed E-state index contributed by atoms with van der Waals surface area (Å²) in [5.41, 5.74) is 7.86. The van der Waals surface area contributed by atoms with Crippen LogP contribution in [0, 0.1) is 6.92 Å². The fraction of sp³-hybridized carbons (Fsp3) is 0.312. The number of ether oxygens (including phenoxy) is 1. The number of hydrogen-bond donors (Lipinski definition) is 1. The number of aromatic nitrogens is 1. The fourth-order valence-corrected chi connectivity index (χ4v) is 2.14. The number of hydrogen-bond acceptors (Lipinski definition) is 3. The van der Waals surface area contributed by atoms with E-state index in [1.165, 1.54) is 0 Å². The molecule has 0 aliphatic rings. The Bertz CT molecular complexity index is 586. The van der Waals surface area contributed by atoms with Gasteiger partial charge >= 0.3 is 0 Å². The third-order valence-electron chi connectivity index (χ3n) is 3.22. The van der Waals surface area contributed by atoms with Crippen LogP contribution in [0.3, 0.4) is 0 Å². The number of pyridine rings is 1. The zero-order valence-corrected chi connectivity index (χ0v) is 12.5. The SMILES string of the molecule is CCC(N)Cc1ccc(Oc2cccnc2C)cc1Cl. The van der Waals surface area contributed by atoms with Crippen molar-refractivity contribution in [3.8, 4) is 11.5 Å². The second-order valence-corrected chi connectivity index (χ2v) is 5.22. The molecule has 0 aliphatic carbocycles. The van der Waals surface area contributed by atoms with Gasteiger partial charge in [-0.15, -0.1) is 0 Å². The van der Waals surface area contributed by atoms with Crippen molar-refractivity contribution in [2.45, 2.75) is 32.7 Å². The van der Waals surface area contributed by atoms with E-state index in [1.54, 1.807) is 6.20 Å². The van der Waals surface area contributed by atoms with Gasteiger partial charge in [-0.1, -0.05) is 24.6 Å². The highest BCUT2D eigenvalue weighted by Gasteiger charge is 2.08. The lowest BCUT2D eigenvalue weighted by Gasteiger charge is -2.12. The number of aryl methyl sites for hydroxylation is 1. The standard InChI is InChI=1S/C16H19ClN2O/c1-3-13(18)9-12-6-7-14(10-15(12)17)20-16-5-4-8-19-11(16)2/h4-8,10,13H,3,9,18H2,1-2H3. The summed E-state index contributed by atoms with van der Waals surface area (Å²) >= 11 is 6.29. The quantitative estimate of drug-likeness (QED) is 0.901. The number of halogens is 1. The van der Waals surface area contributed by atoms with Gasteiger partial charge in [0.15, 0.2) is 0 Å². The lowest BCUT2D eigenvalue weighted by atomic mass is 10.0. The molecular formula is C16H19ClN2O. The molecular weight excluding hydrogens is 272 g/mol. The van der Waals surface area contributed by atoms with Crippen LogP contribution in [0.25, 0.3) is 0 Å². The van der Waals surface area contributed by atoms with Crippen LogP contribution in [0.4, 0.5) is 0 Å². The van der Waals surface area contributed by atoms with Gasteiger partial charge in [0, 0.05) is 17.3 Å². The smallest absolute Gasteiger partial charge is 0.148 e. The Labute approximate surface area is 124 Å². The molecule has 1 heterocycles. The monoisotopic (exact) mass is 290 g/mol. The maximum Gasteiger partial charge on any atom is 0.148 e. The van der Waals surface area contributed by atoms with E-state index in [4.69, 9.17) is 22.1 Å². The van der Waals surface area contributed by atoms with Gasteiger partial charge in [-0.3, -0.25) is 4.98 Å². The first-order chi connectivity index (χ1) is 9.60. The Kier molecular flexibility index (Phi) is 4.99. The zero-order valence-electron chi connectivity index (χ0n) is 11.8. The van der Waals surface area contributed by atoms with Crippen molar-refractivity contribution in [2.75, 3.05) is 0 Å². The van der Waals surface area contributed by atoms with Crippen LogP contribution in [0.15, 0.2) is 36.5 Å². The maximum absolute atomic E-state index is 6.29. The maximum atomic E-state index is 6.29. The normalized spacial score (nSPS) is 12.2. The summed E-state index contributed by atoms with van der Waals surface area (Å²) in [4.78, 5) is 4.19. The van der Waals surface area contributed by atoms with Gasteiger partial charge in [0.05, 0.1) is 5.69 Å². The Morgan fingerprint density at radius 3 is 2.80 bits per heavy atom. The summed E-state index contributed by atoms with van der Waals surface area (Å²) in [6, 6.07) is 9.58. The van der Waals surface area contributed by atoms with Crippen molar-refractivity contribution in [1.82, 2.24) is 4.98 Å². The first-order valence-corrected chi connectivity index (χ1v) is 7.11. The van der Waals surface area contributed by atoms with Crippen molar-refractivity contribution in [2.24, 2.45) is 5.73 Å². The first-order valence-electron chi connectivity index (χ1n) is 6.73. The second kappa shape index (κ2) is 6.73. The minimum absolute atomic E-state index is 0.139. The van der Waals surface area contributed by atoms with Crippen LogP contribution in [-0.4, -0.2) is 11.0 Å². The van der Waals surface area contributed by atoms with E-state index < -0.39 is 0 Å². The van der Waals surface area contributed by atoms with Crippen LogP contribution < -0.4 is 10.5 Å². The number of nitrogens with two attached hydrogens (primary N) is 1. The average Bonchev–Trinajstić information content (AvgIpc) is 2.44. The number of rotatable bonds is 5. The van der Waals surface area contributed by atoms with Gasteiger partial charge < -0.3 is 10.5 Å². The molecule has 1 atom stereocenters. The van der Waals surface area contributed by atoms with Crippen molar-refractivity contribution >= 4 is 11.6 Å². The third kappa shape index (κ3) is 3.71. The van der Waals surface area contributed by atoms with Crippen molar-refractivity contribution in [1.29, 1.82) is 0 Å². The van der Waals surface area contributed by atoms with Gasteiger partial charge in [0.1, 0.15) is 11.5 Å². The first kappa shape index (κ1) is 14.8. The van der Waals surface area contributed by atoms with Crippen molar-refractivity contribution < 1.29 is 4.74 Å². The highest BCUT2D eigenvalue weighted by molar-refractivity contribution is 6.31. The summed E-state index contributed by atoms with van der Waals surface area (Å²) in [5.74, 6) is 1.45. The second-order valence-electron chi connectivity index (χ2n) is 4.81. The molecule has 1 unspecified atom stereocenters. The van der Waals surface area contributed by atoms with Crippen LogP contribution in [-0.2, 0) is 6.42 Å². The predicted molar refractivity (Wildman–Crippen MR) is 82.5 cm³/mol. The summed E-state index contributed by atoms with van der Waals surface area (Å²) < 4.78 is 5.80. The van der Waals surface area contributed by atoms with Gasteiger partial charge in [0.25, 0.3) is 0 Å². The molecule has 2 rings (SSSR count). The number of nitrogens with zero attached hydrogens (tertiary/aromatic N) is 1. The summed E-state index contributed by atoms with van der Waals surface area (Å²) in [5, 5.41) is 0.688. The number of benzene rings is 1. The molecule has 0 radical (unpaired) electrons. The van der Waals surface area contributed by atoms with Gasteiger partial charge in [-0.2, -0.15) is 0 Å². The molecule has 0 amide bonds. The molecule has 106 valence electrons. The fourth-order valence-electron chi connectivity index (χ4n) is 1.89. The Morgan fingerprint density at radius 1 is 1.35 bits per heavy atom. The highest BCUT2D eigenvalue weighted by atomic mass is 35.5. The van der Waals surface area contributed by atoms with Gasteiger partial charge in [-0.25, -0.2) is 0 Å². The Morgan fingerprint density at radius 2 is 2.15 bits per heavy atom. The molecule has 0 spiro atoms. The molecule has 2 N–H and O–H groups in total. The van der Waals surface area contributed by atoms with E-state index in [0.717, 1.165) is 29.8 Å².